The van der Waals surface area contributed by atoms with E-state index in [4.69, 9.17) is 0 Å². The van der Waals surface area contributed by atoms with E-state index < -0.39 is 0 Å². The number of nitrogens with one attached hydrogen (secondary N) is 1. The Kier molecular flexibility index (Phi) is 5.55. The summed E-state index contributed by atoms with van der Waals surface area (Å²) in [4.78, 5) is 0. The number of benzene rings is 1. The molecule has 0 spiro atoms. The Balaban J connectivity index is 3.44. The van der Waals surface area contributed by atoms with E-state index in [0.29, 0.717) is 11.5 Å². The van der Waals surface area contributed by atoms with E-state index in [1.54, 1.807) is 0 Å². The van der Waals surface area contributed by atoms with Crippen LogP contribution in [0.4, 0.5) is 0 Å². The molecule has 1 N–H and O–H groups in total. The van der Waals surface area contributed by atoms with Crippen LogP contribution in [0.2, 0.25) is 0 Å². The third-order valence-electron chi connectivity index (χ3n) is 4.27. The monoisotopic (exact) mass is 303 g/mol. The minimum atomic E-state index is 0.165. The maximum absolute atomic E-state index is 3.57. The average molecular weight is 304 g/mol. The molecule has 0 aliphatic carbocycles. The highest BCUT2D eigenvalue weighted by atomic mass is 14.9. The molecule has 1 rings (SSSR count). The van der Waals surface area contributed by atoms with Crippen molar-refractivity contribution in [3.05, 3.63) is 34.9 Å². The molecule has 22 heavy (non-hydrogen) atoms. The van der Waals surface area contributed by atoms with Crippen molar-refractivity contribution in [2.75, 3.05) is 7.05 Å². The second-order valence-electron chi connectivity index (χ2n) is 9.91. The standard InChI is InChI=1S/C21H37N/c1-19(2,3)14-18(22-10)16-13-15(20(4,5)6)11-12-17(16)21(7,8)9/h11-13,18,22H,14H2,1-10H3. The van der Waals surface area contributed by atoms with Gasteiger partial charge in [-0.05, 0) is 46.4 Å². The van der Waals surface area contributed by atoms with Crippen molar-refractivity contribution in [2.24, 2.45) is 5.41 Å². The quantitative estimate of drug-likeness (QED) is 0.724. The van der Waals surface area contributed by atoms with Crippen LogP contribution in [0, 0.1) is 5.41 Å². The molecule has 1 unspecified atom stereocenters. The Morgan fingerprint density at radius 1 is 0.864 bits per heavy atom. The molecule has 0 aliphatic heterocycles. The summed E-state index contributed by atoms with van der Waals surface area (Å²) in [7, 11) is 2.09. The first-order valence-corrected chi connectivity index (χ1v) is 8.58. The van der Waals surface area contributed by atoms with E-state index >= 15 is 0 Å². The van der Waals surface area contributed by atoms with Crippen LogP contribution in [0.25, 0.3) is 0 Å². The van der Waals surface area contributed by atoms with Gasteiger partial charge in [0.15, 0.2) is 0 Å². The normalized spacial score (nSPS) is 15.0. The zero-order valence-electron chi connectivity index (χ0n) is 16.5. The van der Waals surface area contributed by atoms with Crippen LogP contribution in [-0.2, 0) is 10.8 Å². The Labute approximate surface area is 138 Å². The van der Waals surface area contributed by atoms with Crippen LogP contribution < -0.4 is 5.32 Å². The van der Waals surface area contributed by atoms with Crippen LogP contribution >= 0.6 is 0 Å². The average Bonchev–Trinajstić information content (AvgIpc) is 2.32. The fourth-order valence-corrected chi connectivity index (χ4v) is 2.98. The van der Waals surface area contributed by atoms with E-state index in [9.17, 15) is 0 Å². The van der Waals surface area contributed by atoms with Gasteiger partial charge in [-0.1, -0.05) is 80.5 Å². The molecule has 0 saturated heterocycles. The van der Waals surface area contributed by atoms with Crippen molar-refractivity contribution in [3.8, 4) is 0 Å². The van der Waals surface area contributed by atoms with Crippen LogP contribution in [0.15, 0.2) is 18.2 Å². The largest absolute Gasteiger partial charge is 0.313 e. The zero-order valence-corrected chi connectivity index (χ0v) is 16.5. The van der Waals surface area contributed by atoms with E-state index in [-0.39, 0.29) is 10.8 Å². The molecule has 1 atom stereocenters. The second kappa shape index (κ2) is 6.35. The van der Waals surface area contributed by atoms with Gasteiger partial charge in [-0.15, -0.1) is 0 Å². The van der Waals surface area contributed by atoms with Crippen LogP contribution in [-0.4, -0.2) is 7.05 Å². The maximum atomic E-state index is 3.57. The van der Waals surface area contributed by atoms with Crippen molar-refractivity contribution in [3.63, 3.8) is 0 Å². The first-order valence-electron chi connectivity index (χ1n) is 8.58. The fourth-order valence-electron chi connectivity index (χ4n) is 2.98. The summed E-state index contributed by atoms with van der Waals surface area (Å²) >= 11 is 0. The first-order chi connectivity index (χ1) is 9.75. The van der Waals surface area contributed by atoms with Crippen molar-refractivity contribution in [1.29, 1.82) is 0 Å². The van der Waals surface area contributed by atoms with Gasteiger partial charge in [-0.3, -0.25) is 0 Å². The minimum absolute atomic E-state index is 0.165. The molecule has 0 saturated carbocycles. The van der Waals surface area contributed by atoms with Gasteiger partial charge in [0.05, 0.1) is 0 Å². The SMILES string of the molecule is CNC(CC(C)(C)C)c1cc(C(C)(C)C)ccc1C(C)(C)C. The lowest BCUT2D eigenvalue weighted by Crippen LogP contribution is -2.27. The molecule has 0 aliphatic rings. The molecule has 1 aromatic carbocycles. The molecule has 0 amide bonds. The lowest BCUT2D eigenvalue weighted by atomic mass is 9.75. The molecule has 1 aromatic rings. The lowest BCUT2D eigenvalue weighted by Gasteiger charge is -2.33. The van der Waals surface area contributed by atoms with Crippen molar-refractivity contribution >= 4 is 0 Å². The summed E-state index contributed by atoms with van der Waals surface area (Å²) in [5, 5.41) is 3.57. The Bertz CT molecular complexity index is 492. The van der Waals surface area contributed by atoms with E-state index in [1.165, 1.54) is 16.7 Å². The van der Waals surface area contributed by atoms with Crippen molar-refractivity contribution in [1.82, 2.24) is 5.32 Å². The third-order valence-corrected chi connectivity index (χ3v) is 4.27. The Hall–Kier alpha value is -0.820. The summed E-state index contributed by atoms with van der Waals surface area (Å²) in [6.45, 7) is 20.8. The van der Waals surface area contributed by atoms with Crippen molar-refractivity contribution in [2.45, 2.75) is 85.6 Å². The highest BCUT2D eigenvalue weighted by Gasteiger charge is 2.27. The highest BCUT2D eigenvalue weighted by molar-refractivity contribution is 5.41. The van der Waals surface area contributed by atoms with Crippen molar-refractivity contribution < 1.29 is 0 Å². The van der Waals surface area contributed by atoms with Gasteiger partial charge < -0.3 is 5.32 Å². The predicted molar refractivity (Wildman–Crippen MR) is 99.7 cm³/mol. The molecule has 1 nitrogen and oxygen atoms in total. The van der Waals surface area contributed by atoms with Crippen LogP contribution in [0.5, 0.6) is 0 Å². The minimum Gasteiger partial charge on any atom is -0.313 e. The van der Waals surface area contributed by atoms with Gasteiger partial charge in [0.1, 0.15) is 0 Å². The lowest BCUT2D eigenvalue weighted by molar-refractivity contribution is 0.318. The fraction of sp³-hybridized carbons (Fsp3) is 0.714. The summed E-state index contributed by atoms with van der Waals surface area (Å²) in [5.41, 5.74) is 5.01. The topological polar surface area (TPSA) is 12.0 Å². The maximum Gasteiger partial charge on any atom is 0.0325 e. The molecular weight excluding hydrogens is 266 g/mol. The summed E-state index contributed by atoms with van der Waals surface area (Å²) < 4.78 is 0. The summed E-state index contributed by atoms with van der Waals surface area (Å²) in [6, 6.07) is 7.50. The molecular formula is C21H37N. The van der Waals surface area contributed by atoms with Gasteiger partial charge >= 0.3 is 0 Å². The molecule has 0 bridgehead atoms. The highest BCUT2D eigenvalue weighted by Crippen LogP contribution is 2.37. The van der Waals surface area contributed by atoms with Gasteiger partial charge in [0.25, 0.3) is 0 Å². The molecule has 126 valence electrons. The Morgan fingerprint density at radius 2 is 1.41 bits per heavy atom. The van der Waals surface area contributed by atoms with E-state index in [1.807, 2.05) is 0 Å². The van der Waals surface area contributed by atoms with Gasteiger partial charge in [-0.2, -0.15) is 0 Å². The first kappa shape index (κ1) is 19.2. The third kappa shape index (κ3) is 5.12. The Morgan fingerprint density at radius 3 is 1.77 bits per heavy atom. The van der Waals surface area contributed by atoms with Crippen LogP contribution in [0.3, 0.4) is 0 Å². The van der Waals surface area contributed by atoms with Gasteiger partial charge in [-0.25, -0.2) is 0 Å². The molecule has 0 aromatic heterocycles. The van der Waals surface area contributed by atoms with Crippen LogP contribution in [0.1, 0.15) is 91.5 Å². The molecule has 0 heterocycles. The summed E-state index contributed by atoms with van der Waals surface area (Å²) in [5.74, 6) is 0. The zero-order chi connectivity index (χ0) is 17.3. The number of rotatable bonds is 3. The summed E-state index contributed by atoms with van der Waals surface area (Å²) in [6.07, 6.45) is 1.14. The molecule has 0 radical (unpaired) electrons. The van der Waals surface area contributed by atoms with E-state index in [2.05, 4.69) is 92.9 Å². The smallest absolute Gasteiger partial charge is 0.0325 e. The van der Waals surface area contributed by atoms with Gasteiger partial charge in [0, 0.05) is 6.04 Å². The van der Waals surface area contributed by atoms with Gasteiger partial charge in [0.2, 0.25) is 0 Å². The number of hydrogen-bond acceptors (Lipinski definition) is 1. The number of hydrogen-bond donors (Lipinski definition) is 1. The molecule has 0 fully saturated rings. The molecule has 1 heteroatoms. The predicted octanol–water partition coefficient (Wildman–Crippen LogP) is 5.98. The van der Waals surface area contributed by atoms with E-state index in [0.717, 1.165) is 6.42 Å². The second-order valence-corrected chi connectivity index (χ2v) is 9.91.